The van der Waals surface area contributed by atoms with Gasteiger partial charge >= 0.3 is 0 Å². The molecule has 1 fully saturated rings. The molecule has 0 saturated heterocycles. The SMILES string of the molecule is CC1CCC(NC(=O)c2cc(F)c(F)cc2Cl)C1. The van der Waals surface area contributed by atoms with Crippen LogP contribution >= 0.6 is 11.6 Å². The van der Waals surface area contributed by atoms with Crippen LogP contribution in [-0.2, 0) is 0 Å². The van der Waals surface area contributed by atoms with Gasteiger partial charge in [0.05, 0.1) is 10.6 Å². The van der Waals surface area contributed by atoms with E-state index in [9.17, 15) is 13.6 Å². The molecule has 1 aromatic rings. The van der Waals surface area contributed by atoms with Crippen LogP contribution in [0.2, 0.25) is 5.02 Å². The van der Waals surface area contributed by atoms with Crippen LogP contribution in [0.25, 0.3) is 0 Å². The van der Waals surface area contributed by atoms with Gasteiger partial charge in [-0.2, -0.15) is 0 Å². The molecule has 1 amide bonds. The van der Waals surface area contributed by atoms with Gasteiger partial charge in [0.2, 0.25) is 0 Å². The summed E-state index contributed by atoms with van der Waals surface area (Å²) in [4.78, 5) is 11.9. The molecule has 18 heavy (non-hydrogen) atoms. The Labute approximate surface area is 109 Å². The Hall–Kier alpha value is -1.16. The molecule has 5 heteroatoms. The molecule has 0 heterocycles. The van der Waals surface area contributed by atoms with Gasteiger partial charge in [0.25, 0.3) is 5.91 Å². The van der Waals surface area contributed by atoms with E-state index in [0.717, 1.165) is 31.4 Å². The first kappa shape index (κ1) is 13.3. The fourth-order valence-corrected chi connectivity index (χ4v) is 2.53. The summed E-state index contributed by atoms with van der Waals surface area (Å²) in [6.45, 7) is 2.12. The number of rotatable bonds is 2. The highest BCUT2D eigenvalue weighted by molar-refractivity contribution is 6.33. The highest BCUT2D eigenvalue weighted by atomic mass is 35.5. The molecule has 0 spiro atoms. The summed E-state index contributed by atoms with van der Waals surface area (Å²) in [5.41, 5.74) is -0.0184. The van der Waals surface area contributed by atoms with E-state index in [1.54, 1.807) is 0 Å². The van der Waals surface area contributed by atoms with Crippen molar-refractivity contribution < 1.29 is 13.6 Å². The summed E-state index contributed by atoms with van der Waals surface area (Å²) < 4.78 is 26.0. The third-order valence-corrected chi connectivity index (χ3v) is 3.60. The molecule has 98 valence electrons. The standard InChI is InChI=1S/C13H14ClF2NO/c1-7-2-3-8(4-7)17-13(18)9-5-11(15)12(16)6-10(9)14/h5-8H,2-4H2,1H3,(H,17,18). The van der Waals surface area contributed by atoms with Crippen molar-refractivity contribution in [1.82, 2.24) is 5.32 Å². The molecular formula is C13H14ClF2NO. The summed E-state index contributed by atoms with van der Waals surface area (Å²) >= 11 is 5.74. The second-order valence-electron chi connectivity index (χ2n) is 4.83. The Morgan fingerprint density at radius 3 is 2.61 bits per heavy atom. The summed E-state index contributed by atoms with van der Waals surface area (Å²) in [6.07, 6.45) is 2.89. The Morgan fingerprint density at radius 2 is 2.00 bits per heavy atom. The first-order chi connectivity index (χ1) is 8.47. The smallest absolute Gasteiger partial charge is 0.253 e. The molecule has 0 aromatic heterocycles. The molecular weight excluding hydrogens is 260 g/mol. The summed E-state index contributed by atoms with van der Waals surface area (Å²) in [5.74, 6) is -1.98. The molecule has 1 aliphatic carbocycles. The van der Waals surface area contributed by atoms with Crippen molar-refractivity contribution >= 4 is 17.5 Å². The Morgan fingerprint density at radius 1 is 1.33 bits per heavy atom. The van der Waals surface area contributed by atoms with Crippen LogP contribution in [0, 0.1) is 17.6 Å². The highest BCUT2D eigenvalue weighted by Gasteiger charge is 2.24. The Balaban J connectivity index is 2.11. The van der Waals surface area contributed by atoms with Crippen LogP contribution in [0.1, 0.15) is 36.5 Å². The second-order valence-corrected chi connectivity index (χ2v) is 5.24. The topological polar surface area (TPSA) is 29.1 Å². The molecule has 2 rings (SSSR count). The van der Waals surface area contributed by atoms with E-state index in [2.05, 4.69) is 12.2 Å². The average molecular weight is 274 g/mol. The van der Waals surface area contributed by atoms with Gasteiger partial charge in [-0.3, -0.25) is 4.79 Å². The molecule has 0 radical (unpaired) electrons. The summed E-state index contributed by atoms with van der Waals surface area (Å²) in [5, 5.41) is 2.73. The molecule has 1 saturated carbocycles. The van der Waals surface area contributed by atoms with Gasteiger partial charge in [-0.15, -0.1) is 0 Å². The van der Waals surface area contributed by atoms with Crippen molar-refractivity contribution in [2.45, 2.75) is 32.2 Å². The Kier molecular flexibility index (Phi) is 3.85. The van der Waals surface area contributed by atoms with Crippen molar-refractivity contribution in [1.29, 1.82) is 0 Å². The third kappa shape index (κ3) is 2.80. The van der Waals surface area contributed by atoms with E-state index in [0.29, 0.717) is 5.92 Å². The monoisotopic (exact) mass is 273 g/mol. The molecule has 0 aliphatic heterocycles. The van der Waals surface area contributed by atoms with Crippen molar-refractivity contribution in [3.8, 4) is 0 Å². The molecule has 2 unspecified atom stereocenters. The van der Waals surface area contributed by atoms with Gasteiger partial charge in [-0.1, -0.05) is 18.5 Å². The predicted octanol–water partition coefficient (Wildman–Crippen LogP) is 3.54. The van der Waals surface area contributed by atoms with Gasteiger partial charge < -0.3 is 5.32 Å². The zero-order chi connectivity index (χ0) is 13.3. The molecule has 2 nitrogen and oxygen atoms in total. The largest absolute Gasteiger partial charge is 0.349 e. The van der Waals surface area contributed by atoms with E-state index in [-0.39, 0.29) is 16.6 Å². The van der Waals surface area contributed by atoms with Crippen LogP contribution in [0.5, 0.6) is 0 Å². The lowest BCUT2D eigenvalue weighted by Gasteiger charge is -2.13. The fourth-order valence-electron chi connectivity index (χ4n) is 2.30. The maximum atomic E-state index is 13.1. The zero-order valence-electron chi connectivity index (χ0n) is 9.97. The normalized spacial score (nSPS) is 23.1. The number of amides is 1. The van der Waals surface area contributed by atoms with Crippen molar-refractivity contribution in [3.05, 3.63) is 34.4 Å². The quantitative estimate of drug-likeness (QED) is 0.821. The van der Waals surface area contributed by atoms with Crippen molar-refractivity contribution in [2.75, 3.05) is 0 Å². The van der Waals surface area contributed by atoms with Crippen LogP contribution in [-0.4, -0.2) is 11.9 Å². The zero-order valence-corrected chi connectivity index (χ0v) is 10.7. The number of hydrogen-bond acceptors (Lipinski definition) is 1. The van der Waals surface area contributed by atoms with Gasteiger partial charge in [-0.05, 0) is 37.3 Å². The predicted molar refractivity (Wildman–Crippen MR) is 65.6 cm³/mol. The molecule has 1 aliphatic rings. The average Bonchev–Trinajstić information content (AvgIpc) is 2.69. The minimum Gasteiger partial charge on any atom is -0.349 e. The molecule has 1 N–H and O–H groups in total. The van der Waals surface area contributed by atoms with E-state index in [4.69, 9.17) is 11.6 Å². The third-order valence-electron chi connectivity index (χ3n) is 3.28. The summed E-state index contributed by atoms with van der Waals surface area (Å²) in [7, 11) is 0. The van der Waals surface area contributed by atoms with Crippen LogP contribution < -0.4 is 5.32 Å². The van der Waals surface area contributed by atoms with Gasteiger partial charge in [0, 0.05) is 6.04 Å². The van der Waals surface area contributed by atoms with Crippen LogP contribution in [0.4, 0.5) is 8.78 Å². The van der Waals surface area contributed by atoms with Crippen molar-refractivity contribution in [2.24, 2.45) is 5.92 Å². The van der Waals surface area contributed by atoms with E-state index in [1.807, 2.05) is 0 Å². The van der Waals surface area contributed by atoms with Gasteiger partial charge in [0.1, 0.15) is 0 Å². The molecule has 0 bridgehead atoms. The Bertz CT molecular complexity index is 478. The van der Waals surface area contributed by atoms with E-state index >= 15 is 0 Å². The van der Waals surface area contributed by atoms with E-state index in [1.165, 1.54) is 0 Å². The van der Waals surface area contributed by atoms with E-state index < -0.39 is 17.5 Å². The lowest BCUT2D eigenvalue weighted by atomic mass is 10.1. The van der Waals surface area contributed by atoms with Crippen LogP contribution in [0.15, 0.2) is 12.1 Å². The first-order valence-electron chi connectivity index (χ1n) is 5.92. The highest BCUT2D eigenvalue weighted by Crippen LogP contribution is 2.26. The fraction of sp³-hybridized carbons (Fsp3) is 0.462. The van der Waals surface area contributed by atoms with Gasteiger partial charge in [0.15, 0.2) is 11.6 Å². The minimum atomic E-state index is -1.07. The number of nitrogens with one attached hydrogen (secondary N) is 1. The molecule has 2 atom stereocenters. The first-order valence-corrected chi connectivity index (χ1v) is 6.30. The number of carbonyl (C=O) groups is 1. The molecule has 1 aromatic carbocycles. The number of hydrogen-bond donors (Lipinski definition) is 1. The van der Waals surface area contributed by atoms with Crippen molar-refractivity contribution in [3.63, 3.8) is 0 Å². The lowest BCUT2D eigenvalue weighted by molar-refractivity contribution is 0.0937. The minimum absolute atomic E-state index is 0.0184. The summed E-state index contributed by atoms with van der Waals surface area (Å²) in [6, 6.07) is 1.76. The lowest BCUT2D eigenvalue weighted by Crippen LogP contribution is -2.33. The van der Waals surface area contributed by atoms with Crippen LogP contribution in [0.3, 0.4) is 0 Å². The number of carbonyl (C=O) groups excluding carboxylic acids is 1. The maximum absolute atomic E-state index is 13.1. The van der Waals surface area contributed by atoms with Gasteiger partial charge in [-0.25, -0.2) is 8.78 Å². The second kappa shape index (κ2) is 5.22. The number of benzene rings is 1. The maximum Gasteiger partial charge on any atom is 0.253 e. The number of halogens is 3.